The summed E-state index contributed by atoms with van der Waals surface area (Å²) in [6.45, 7) is 0.785. The van der Waals surface area contributed by atoms with E-state index in [1.807, 2.05) is 16.0 Å². The minimum Gasteiger partial charge on any atom is -0.481 e. The fraction of sp³-hybridized carbons (Fsp3) is 0.538. The van der Waals surface area contributed by atoms with Gasteiger partial charge in [-0.2, -0.15) is 0 Å². The van der Waals surface area contributed by atoms with Crippen molar-refractivity contribution in [1.29, 1.82) is 0 Å². The van der Waals surface area contributed by atoms with Gasteiger partial charge >= 0.3 is 5.97 Å². The van der Waals surface area contributed by atoms with E-state index in [9.17, 15) is 9.90 Å². The zero-order chi connectivity index (χ0) is 13.0. The lowest BCUT2D eigenvalue weighted by molar-refractivity contribution is -0.142. The van der Waals surface area contributed by atoms with Gasteiger partial charge in [0.1, 0.15) is 0 Å². The molecule has 0 amide bonds. The molecular weight excluding hydrogens is 262 g/mol. The number of carboxylic acid groups (broad SMARTS) is 1. The average molecular weight is 277 g/mol. The molecule has 100 valence electrons. The monoisotopic (exact) mass is 277 g/mol. The molecule has 2 saturated heterocycles. The lowest BCUT2D eigenvalue weighted by Crippen LogP contribution is -2.32. The van der Waals surface area contributed by atoms with Crippen LogP contribution in [0.5, 0.6) is 0 Å². The Kier molecular flexibility index (Phi) is 2.43. The van der Waals surface area contributed by atoms with Crippen molar-refractivity contribution < 1.29 is 9.90 Å². The maximum Gasteiger partial charge on any atom is 0.308 e. The number of thiazole rings is 1. The Labute approximate surface area is 114 Å². The molecule has 4 rings (SSSR count). The van der Waals surface area contributed by atoms with Gasteiger partial charge < -0.3 is 5.11 Å². The molecule has 2 aliphatic heterocycles. The van der Waals surface area contributed by atoms with Gasteiger partial charge in [0.25, 0.3) is 0 Å². The van der Waals surface area contributed by atoms with Crippen molar-refractivity contribution >= 4 is 22.3 Å². The summed E-state index contributed by atoms with van der Waals surface area (Å²) < 4.78 is 2.03. The third-order valence-corrected chi connectivity index (χ3v) is 5.26. The van der Waals surface area contributed by atoms with Crippen LogP contribution in [0.3, 0.4) is 0 Å². The maximum absolute atomic E-state index is 11.2. The number of hydrogen-bond acceptors (Lipinski definition) is 4. The first-order valence-corrected chi connectivity index (χ1v) is 7.50. The Morgan fingerprint density at radius 2 is 2.42 bits per heavy atom. The molecule has 6 heteroatoms. The van der Waals surface area contributed by atoms with Gasteiger partial charge in [0.05, 0.1) is 11.6 Å². The molecule has 0 spiro atoms. The molecule has 2 aliphatic rings. The number of hydrogen-bond donors (Lipinski definition) is 1. The molecule has 4 heterocycles. The highest BCUT2D eigenvalue weighted by molar-refractivity contribution is 7.15. The van der Waals surface area contributed by atoms with Crippen LogP contribution < -0.4 is 0 Å². The molecule has 3 atom stereocenters. The number of rotatable bonds is 3. The van der Waals surface area contributed by atoms with Gasteiger partial charge in [-0.15, -0.1) is 11.3 Å². The van der Waals surface area contributed by atoms with E-state index in [2.05, 4.69) is 16.1 Å². The Balaban J connectivity index is 1.57. The summed E-state index contributed by atoms with van der Waals surface area (Å²) in [4.78, 5) is 19.2. The maximum atomic E-state index is 11.2. The number of carbonyl (C=O) groups is 1. The van der Waals surface area contributed by atoms with E-state index >= 15 is 0 Å². The first-order chi connectivity index (χ1) is 9.22. The summed E-state index contributed by atoms with van der Waals surface area (Å²) in [5.74, 6) is -0.814. The van der Waals surface area contributed by atoms with Gasteiger partial charge in [0, 0.05) is 36.4 Å². The molecule has 19 heavy (non-hydrogen) atoms. The van der Waals surface area contributed by atoms with Crippen LogP contribution in [0, 0.1) is 5.92 Å². The predicted octanol–water partition coefficient (Wildman–Crippen LogP) is 1.83. The minimum atomic E-state index is -0.636. The largest absolute Gasteiger partial charge is 0.481 e. The molecule has 3 unspecified atom stereocenters. The SMILES string of the molecule is O=C(O)C1CC2CCC1N2Cc1cn2ccsc2n1. The fourth-order valence-corrected chi connectivity index (χ4v) is 4.37. The van der Waals surface area contributed by atoms with Gasteiger partial charge in [-0.05, 0) is 19.3 Å². The Bertz CT molecular complexity index is 606. The second-order valence-electron chi connectivity index (χ2n) is 5.48. The molecule has 2 aromatic rings. The van der Waals surface area contributed by atoms with E-state index in [1.54, 1.807) is 11.3 Å². The second-order valence-corrected chi connectivity index (χ2v) is 6.35. The molecule has 2 aromatic heterocycles. The Hall–Kier alpha value is -1.40. The molecule has 0 aliphatic carbocycles. The third kappa shape index (κ3) is 1.70. The number of aliphatic carboxylic acids is 1. The highest BCUT2D eigenvalue weighted by atomic mass is 32.1. The number of carboxylic acids is 1. The first kappa shape index (κ1) is 11.4. The Morgan fingerprint density at radius 1 is 1.53 bits per heavy atom. The van der Waals surface area contributed by atoms with Crippen molar-refractivity contribution in [1.82, 2.24) is 14.3 Å². The van der Waals surface area contributed by atoms with E-state index < -0.39 is 5.97 Å². The van der Waals surface area contributed by atoms with Crippen molar-refractivity contribution in [2.75, 3.05) is 0 Å². The van der Waals surface area contributed by atoms with Crippen LogP contribution in [0.15, 0.2) is 17.8 Å². The zero-order valence-electron chi connectivity index (χ0n) is 10.4. The summed E-state index contributed by atoms with van der Waals surface area (Å²) in [5, 5.41) is 11.3. The number of nitrogens with zero attached hydrogens (tertiary/aromatic N) is 3. The number of fused-ring (bicyclic) bond motifs is 3. The quantitative estimate of drug-likeness (QED) is 0.930. The fourth-order valence-electron chi connectivity index (χ4n) is 3.65. The van der Waals surface area contributed by atoms with Crippen molar-refractivity contribution in [3.05, 3.63) is 23.5 Å². The molecular formula is C13H15N3O2S. The third-order valence-electron chi connectivity index (χ3n) is 4.49. The van der Waals surface area contributed by atoms with Gasteiger partial charge in [-0.3, -0.25) is 14.1 Å². The summed E-state index contributed by atoms with van der Waals surface area (Å²) >= 11 is 1.63. The van der Waals surface area contributed by atoms with Gasteiger partial charge in [-0.1, -0.05) is 0 Å². The molecule has 5 nitrogen and oxygen atoms in total. The predicted molar refractivity (Wildman–Crippen MR) is 71.2 cm³/mol. The lowest BCUT2D eigenvalue weighted by Gasteiger charge is -2.21. The normalized spacial score (nSPS) is 30.4. The topological polar surface area (TPSA) is 57.8 Å². The van der Waals surface area contributed by atoms with Crippen LogP contribution in [0.1, 0.15) is 25.0 Å². The standard InChI is InChI=1S/C13H15N3O2S/c17-12(18)10-5-9-1-2-11(10)16(9)7-8-6-15-3-4-19-13(15)14-8/h3-4,6,9-11H,1-2,5,7H2,(H,17,18). The van der Waals surface area contributed by atoms with E-state index in [0.29, 0.717) is 6.04 Å². The van der Waals surface area contributed by atoms with Gasteiger partial charge in [0.15, 0.2) is 4.96 Å². The number of imidazole rings is 1. The van der Waals surface area contributed by atoms with E-state index in [4.69, 9.17) is 0 Å². The second kappa shape index (κ2) is 4.05. The van der Waals surface area contributed by atoms with Gasteiger partial charge in [0.2, 0.25) is 0 Å². The zero-order valence-corrected chi connectivity index (χ0v) is 11.2. The van der Waals surface area contributed by atoms with Crippen LogP contribution in [0.4, 0.5) is 0 Å². The Morgan fingerprint density at radius 3 is 3.16 bits per heavy atom. The smallest absolute Gasteiger partial charge is 0.308 e. The van der Waals surface area contributed by atoms with Crippen LogP contribution in [-0.4, -0.2) is 37.4 Å². The van der Waals surface area contributed by atoms with E-state index in [0.717, 1.165) is 36.5 Å². The van der Waals surface area contributed by atoms with Gasteiger partial charge in [-0.25, -0.2) is 4.98 Å². The lowest BCUT2D eigenvalue weighted by atomic mass is 9.89. The van der Waals surface area contributed by atoms with Crippen LogP contribution in [-0.2, 0) is 11.3 Å². The van der Waals surface area contributed by atoms with Crippen molar-refractivity contribution in [2.45, 2.75) is 37.9 Å². The summed E-state index contributed by atoms with van der Waals surface area (Å²) in [6.07, 6.45) is 7.03. The first-order valence-electron chi connectivity index (χ1n) is 6.62. The van der Waals surface area contributed by atoms with Crippen LogP contribution in [0.25, 0.3) is 4.96 Å². The molecule has 1 N–H and O–H groups in total. The summed E-state index contributed by atoms with van der Waals surface area (Å²) in [6, 6.07) is 0.646. The van der Waals surface area contributed by atoms with Crippen molar-refractivity contribution in [2.24, 2.45) is 5.92 Å². The van der Waals surface area contributed by atoms with Crippen LogP contribution >= 0.6 is 11.3 Å². The highest BCUT2D eigenvalue weighted by Gasteiger charge is 2.49. The van der Waals surface area contributed by atoms with Crippen LogP contribution in [0.2, 0.25) is 0 Å². The summed E-state index contributed by atoms with van der Waals surface area (Å²) in [5.41, 5.74) is 1.05. The van der Waals surface area contributed by atoms with E-state index in [-0.39, 0.29) is 12.0 Å². The average Bonchev–Trinajstić information content (AvgIpc) is 3.09. The molecule has 0 aromatic carbocycles. The molecule has 0 saturated carbocycles. The highest BCUT2D eigenvalue weighted by Crippen LogP contribution is 2.42. The molecule has 2 fully saturated rings. The molecule has 0 radical (unpaired) electrons. The molecule has 2 bridgehead atoms. The summed E-state index contributed by atoms with van der Waals surface area (Å²) in [7, 11) is 0. The van der Waals surface area contributed by atoms with Crippen molar-refractivity contribution in [3.63, 3.8) is 0 Å². The minimum absolute atomic E-state index is 0.178. The van der Waals surface area contributed by atoms with E-state index in [1.165, 1.54) is 0 Å². The number of aromatic nitrogens is 2. The van der Waals surface area contributed by atoms with Crippen molar-refractivity contribution in [3.8, 4) is 0 Å².